The van der Waals surface area contributed by atoms with Crippen molar-refractivity contribution in [3.63, 3.8) is 0 Å². The van der Waals surface area contributed by atoms with Gasteiger partial charge in [-0.15, -0.1) is 0 Å². The van der Waals surface area contributed by atoms with Crippen molar-refractivity contribution in [2.45, 2.75) is 18.4 Å². The van der Waals surface area contributed by atoms with Crippen LogP contribution in [0.3, 0.4) is 0 Å². The van der Waals surface area contributed by atoms with Gasteiger partial charge in [0.15, 0.2) is 6.10 Å². The maximum Gasteiger partial charge on any atom is 0.405 e. The quantitative estimate of drug-likeness (QED) is 0.455. The Labute approximate surface area is 77.2 Å². The van der Waals surface area contributed by atoms with Gasteiger partial charge in [0.1, 0.15) is 12.6 Å². The van der Waals surface area contributed by atoms with Crippen LogP contribution in [-0.4, -0.2) is 52.8 Å². The lowest BCUT2D eigenvalue weighted by molar-refractivity contribution is -0.148. The number of hydrogen-bond acceptors (Lipinski definition) is 4. The van der Waals surface area contributed by atoms with E-state index in [1.807, 2.05) is 0 Å². The molecule has 0 spiro atoms. The highest BCUT2D eigenvalue weighted by Crippen LogP contribution is 2.12. The maximum atomic E-state index is 11.6. The van der Waals surface area contributed by atoms with E-state index in [0.29, 0.717) is 0 Å². The van der Waals surface area contributed by atoms with Crippen LogP contribution in [0.5, 0.6) is 0 Å². The van der Waals surface area contributed by atoms with Gasteiger partial charge in [-0.3, -0.25) is 4.79 Å². The molecule has 0 aromatic rings. The van der Waals surface area contributed by atoms with E-state index in [4.69, 9.17) is 15.3 Å². The van der Waals surface area contributed by atoms with Crippen LogP contribution in [0.25, 0.3) is 0 Å². The first-order valence-corrected chi connectivity index (χ1v) is 3.59. The highest BCUT2D eigenvalue weighted by atomic mass is 19.4. The van der Waals surface area contributed by atoms with Crippen molar-refractivity contribution in [2.75, 3.05) is 13.2 Å². The fourth-order valence-corrected chi connectivity index (χ4v) is 0.566. The molecule has 0 bridgehead atoms. The summed E-state index contributed by atoms with van der Waals surface area (Å²) in [6.07, 6.45) is -8.44. The van der Waals surface area contributed by atoms with Crippen LogP contribution >= 0.6 is 0 Å². The Balaban J connectivity index is 3.97. The van der Waals surface area contributed by atoms with Gasteiger partial charge in [0.25, 0.3) is 5.91 Å². The topological polar surface area (TPSA) is 89.8 Å². The average molecular weight is 217 g/mol. The molecule has 1 amide bonds. The summed E-state index contributed by atoms with van der Waals surface area (Å²) < 4.78 is 34.7. The molecule has 4 N–H and O–H groups in total. The zero-order valence-electron chi connectivity index (χ0n) is 6.95. The molecular weight excluding hydrogens is 207 g/mol. The first-order valence-electron chi connectivity index (χ1n) is 3.59. The van der Waals surface area contributed by atoms with Crippen molar-refractivity contribution < 1.29 is 33.3 Å². The molecule has 0 saturated carbocycles. The van der Waals surface area contributed by atoms with Crippen LogP contribution < -0.4 is 5.32 Å². The molecule has 0 aromatic heterocycles. The summed E-state index contributed by atoms with van der Waals surface area (Å²) in [6, 6.07) is 0. The van der Waals surface area contributed by atoms with E-state index in [-0.39, 0.29) is 0 Å². The van der Waals surface area contributed by atoms with Crippen molar-refractivity contribution in [1.82, 2.24) is 5.32 Å². The Morgan fingerprint density at radius 3 is 2.21 bits per heavy atom. The molecule has 0 rings (SSSR count). The molecular formula is C6H10F3NO4. The third kappa shape index (κ3) is 5.00. The smallest absolute Gasteiger partial charge is 0.394 e. The van der Waals surface area contributed by atoms with Crippen LogP contribution in [0.15, 0.2) is 0 Å². The first-order chi connectivity index (χ1) is 6.28. The molecule has 0 saturated heterocycles. The number of carbonyl (C=O) groups excluding carboxylic acids is 1. The number of amides is 1. The lowest BCUT2D eigenvalue weighted by atomic mass is 10.2. The predicted molar refractivity (Wildman–Crippen MR) is 38.2 cm³/mol. The monoisotopic (exact) mass is 217 g/mol. The lowest BCUT2D eigenvalue weighted by Crippen LogP contribution is -2.46. The number of aliphatic hydroxyl groups is 3. The van der Waals surface area contributed by atoms with E-state index < -0.39 is 37.4 Å². The number of hydrogen-bond donors (Lipinski definition) is 4. The second-order valence-electron chi connectivity index (χ2n) is 2.53. The maximum absolute atomic E-state index is 11.6. The van der Waals surface area contributed by atoms with Crippen molar-refractivity contribution in [3.05, 3.63) is 0 Å². The minimum absolute atomic E-state index is 0.916. The molecule has 0 aliphatic carbocycles. The molecule has 0 fully saturated rings. The number of aliphatic hydroxyl groups excluding tert-OH is 3. The van der Waals surface area contributed by atoms with Gasteiger partial charge in [-0.1, -0.05) is 0 Å². The van der Waals surface area contributed by atoms with E-state index >= 15 is 0 Å². The number of carbonyl (C=O) groups is 1. The molecule has 84 valence electrons. The van der Waals surface area contributed by atoms with Crippen molar-refractivity contribution in [1.29, 1.82) is 0 Å². The van der Waals surface area contributed by atoms with Crippen LogP contribution in [0, 0.1) is 0 Å². The summed E-state index contributed by atoms with van der Waals surface area (Å²) in [5.41, 5.74) is 0. The van der Waals surface area contributed by atoms with Gasteiger partial charge >= 0.3 is 6.18 Å². The Hall–Kier alpha value is -0.860. The normalized spacial score (nSPS) is 16.1. The van der Waals surface area contributed by atoms with Gasteiger partial charge in [-0.05, 0) is 0 Å². The van der Waals surface area contributed by atoms with Crippen molar-refractivity contribution in [3.8, 4) is 0 Å². The number of alkyl halides is 3. The number of nitrogens with one attached hydrogen (secondary N) is 1. The zero-order valence-corrected chi connectivity index (χ0v) is 6.95. The SMILES string of the molecule is O=C(NCC(F)(F)F)C(O)C(O)CO. The Kier molecular flexibility index (Phi) is 4.81. The van der Waals surface area contributed by atoms with Gasteiger partial charge in [0, 0.05) is 0 Å². The van der Waals surface area contributed by atoms with E-state index in [0.717, 1.165) is 0 Å². The van der Waals surface area contributed by atoms with Gasteiger partial charge < -0.3 is 20.6 Å². The Bertz CT molecular complexity index is 196. The predicted octanol–water partition coefficient (Wildman–Crippen LogP) is -1.62. The van der Waals surface area contributed by atoms with Crippen molar-refractivity contribution >= 4 is 5.91 Å². The third-order valence-electron chi connectivity index (χ3n) is 1.28. The molecule has 2 unspecified atom stereocenters. The Morgan fingerprint density at radius 2 is 1.86 bits per heavy atom. The number of halogens is 3. The standard InChI is InChI=1S/C6H10F3NO4/c7-6(8,9)2-10-5(14)4(13)3(12)1-11/h3-4,11-13H,1-2H2,(H,10,14). The van der Waals surface area contributed by atoms with Crippen LogP contribution in [-0.2, 0) is 4.79 Å². The van der Waals surface area contributed by atoms with Crippen LogP contribution in [0.1, 0.15) is 0 Å². The minimum atomic E-state index is -4.58. The largest absolute Gasteiger partial charge is 0.405 e. The second-order valence-corrected chi connectivity index (χ2v) is 2.53. The van der Waals surface area contributed by atoms with E-state index in [2.05, 4.69) is 0 Å². The molecule has 5 nitrogen and oxygen atoms in total. The third-order valence-corrected chi connectivity index (χ3v) is 1.28. The molecule has 0 aliphatic rings. The lowest BCUT2D eigenvalue weighted by Gasteiger charge is -2.15. The average Bonchev–Trinajstić information content (AvgIpc) is 2.10. The highest BCUT2D eigenvalue weighted by Gasteiger charge is 2.30. The molecule has 2 atom stereocenters. The van der Waals surface area contributed by atoms with Gasteiger partial charge in [-0.2, -0.15) is 13.2 Å². The minimum Gasteiger partial charge on any atom is -0.394 e. The molecule has 8 heteroatoms. The highest BCUT2D eigenvalue weighted by molar-refractivity contribution is 5.81. The van der Waals surface area contributed by atoms with E-state index in [1.165, 1.54) is 5.32 Å². The van der Waals surface area contributed by atoms with Gasteiger partial charge in [0.05, 0.1) is 6.61 Å². The summed E-state index contributed by atoms with van der Waals surface area (Å²) in [5.74, 6) is -1.39. The molecule has 0 radical (unpaired) electrons. The Morgan fingerprint density at radius 1 is 1.36 bits per heavy atom. The van der Waals surface area contributed by atoms with Crippen molar-refractivity contribution in [2.24, 2.45) is 0 Å². The molecule has 0 aromatic carbocycles. The van der Waals surface area contributed by atoms with E-state index in [9.17, 15) is 18.0 Å². The summed E-state index contributed by atoms with van der Waals surface area (Å²) >= 11 is 0. The van der Waals surface area contributed by atoms with E-state index in [1.54, 1.807) is 0 Å². The fraction of sp³-hybridized carbons (Fsp3) is 0.833. The summed E-state index contributed by atoms with van der Waals surface area (Å²) in [4.78, 5) is 10.7. The summed E-state index contributed by atoms with van der Waals surface area (Å²) in [5, 5.41) is 27.1. The molecule has 14 heavy (non-hydrogen) atoms. The second kappa shape index (κ2) is 5.13. The molecule has 0 heterocycles. The fourth-order valence-electron chi connectivity index (χ4n) is 0.566. The zero-order chi connectivity index (χ0) is 11.4. The molecule has 0 aliphatic heterocycles. The van der Waals surface area contributed by atoms with Crippen LogP contribution in [0.2, 0.25) is 0 Å². The first kappa shape index (κ1) is 13.1. The van der Waals surface area contributed by atoms with Gasteiger partial charge in [-0.25, -0.2) is 0 Å². The van der Waals surface area contributed by atoms with Gasteiger partial charge in [0.2, 0.25) is 0 Å². The van der Waals surface area contributed by atoms with Crippen LogP contribution in [0.4, 0.5) is 13.2 Å². The number of rotatable bonds is 4. The summed E-state index contributed by atoms with van der Waals surface area (Å²) in [6.45, 7) is -2.51. The summed E-state index contributed by atoms with van der Waals surface area (Å²) in [7, 11) is 0.